The average Bonchev–Trinajstić information content (AvgIpc) is 3.52. The van der Waals surface area contributed by atoms with Gasteiger partial charge in [0, 0.05) is 25.7 Å². The van der Waals surface area contributed by atoms with Gasteiger partial charge < -0.3 is 33.8 Å². The molecule has 0 heterocycles. The van der Waals surface area contributed by atoms with Crippen molar-refractivity contribution in [2.45, 2.75) is 367 Å². The van der Waals surface area contributed by atoms with Crippen molar-refractivity contribution >= 4 is 39.5 Å². The van der Waals surface area contributed by atoms with Gasteiger partial charge in [0.1, 0.15) is 19.3 Å². The summed E-state index contributed by atoms with van der Waals surface area (Å²) in [7, 11) is -9.89. The van der Waals surface area contributed by atoms with E-state index in [2.05, 4.69) is 27.7 Å². The van der Waals surface area contributed by atoms with Crippen LogP contribution in [0.15, 0.2) is 0 Å². The van der Waals surface area contributed by atoms with Gasteiger partial charge in [-0.15, -0.1) is 0 Å². The zero-order chi connectivity index (χ0) is 63.3. The molecule has 0 bridgehead atoms. The van der Waals surface area contributed by atoms with Gasteiger partial charge in [-0.25, -0.2) is 9.13 Å². The maximum absolute atomic E-state index is 13.0. The largest absolute Gasteiger partial charge is 0.472 e. The molecule has 510 valence electrons. The Hall–Kier alpha value is -1.94. The molecule has 0 aromatic carbocycles. The Morgan fingerprint density at radius 3 is 0.686 bits per heavy atom. The number of carbonyl (C=O) groups excluding carboxylic acids is 4. The molecule has 0 saturated carbocycles. The van der Waals surface area contributed by atoms with E-state index in [1.54, 1.807) is 0 Å². The van der Waals surface area contributed by atoms with Gasteiger partial charge in [-0.1, -0.05) is 297 Å². The van der Waals surface area contributed by atoms with Crippen LogP contribution < -0.4 is 0 Å². The summed E-state index contributed by atoms with van der Waals surface area (Å²) < 4.78 is 68.1. The molecule has 0 aromatic rings. The van der Waals surface area contributed by atoms with Crippen molar-refractivity contribution < 1.29 is 80.2 Å². The lowest BCUT2D eigenvalue weighted by molar-refractivity contribution is -0.161. The van der Waals surface area contributed by atoms with Gasteiger partial charge in [0.2, 0.25) is 0 Å². The average molecular weight is 1270 g/mol. The zero-order valence-corrected chi connectivity index (χ0v) is 57.1. The summed E-state index contributed by atoms with van der Waals surface area (Å²) in [5.41, 5.74) is 0. The first kappa shape index (κ1) is 84.1. The standard InChI is InChI=1S/C67H130O17P2/c1-5-9-13-17-21-25-28-30-31-33-34-37-41-44-48-52-65(70)78-58-63(84-67(72)54-50-46-42-38-35-32-29-26-22-18-14-10-6-2)60-82-86(75,76)80-56-61(68)55-79-85(73,74)81-59-62(83-66(71)53-49-45-39-24-20-16-12-8-4)57-77-64(69)51-47-43-40-36-27-23-19-15-11-7-3/h61-63,68H,5-60H2,1-4H3,(H,73,74)(H,75,76)/t61-,62-,63-/m1/s1. The Labute approximate surface area is 524 Å². The molecule has 0 rings (SSSR count). The lowest BCUT2D eigenvalue weighted by atomic mass is 10.0. The third-order valence-corrected chi connectivity index (χ3v) is 17.5. The molecule has 0 spiro atoms. The number of aliphatic hydroxyl groups excluding tert-OH is 1. The quantitative estimate of drug-likeness (QED) is 0.0222. The van der Waals surface area contributed by atoms with E-state index in [0.717, 1.165) is 96.3 Å². The van der Waals surface area contributed by atoms with Crippen molar-refractivity contribution in [2.24, 2.45) is 0 Å². The first-order chi connectivity index (χ1) is 41.7. The van der Waals surface area contributed by atoms with Gasteiger partial charge in [0.15, 0.2) is 12.2 Å². The van der Waals surface area contributed by atoms with Crippen LogP contribution in [0.1, 0.15) is 349 Å². The maximum Gasteiger partial charge on any atom is 0.472 e. The van der Waals surface area contributed by atoms with Gasteiger partial charge in [-0.3, -0.25) is 37.3 Å². The van der Waals surface area contributed by atoms with E-state index in [9.17, 15) is 43.2 Å². The maximum atomic E-state index is 13.0. The Morgan fingerprint density at radius 1 is 0.279 bits per heavy atom. The fraction of sp³-hybridized carbons (Fsp3) is 0.940. The van der Waals surface area contributed by atoms with Gasteiger partial charge in [-0.05, 0) is 25.7 Å². The molecule has 19 heteroatoms. The van der Waals surface area contributed by atoms with Crippen LogP contribution >= 0.6 is 15.6 Å². The minimum atomic E-state index is -4.95. The summed E-state index contributed by atoms with van der Waals surface area (Å²) in [5.74, 6) is -2.13. The molecule has 0 radical (unpaired) electrons. The number of esters is 4. The van der Waals surface area contributed by atoms with Crippen LogP contribution in [-0.4, -0.2) is 96.7 Å². The molecule has 0 fully saturated rings. The molecule has 17 nitrogen and oxygen atoms in total. The van der Waals surface area contributed by atoms with Crippen molar-refractivity contribution in [3.05, 3.63) is 0 Å². The van der Waals surface area contributed by atoms with Gasteiger partial charge in [-0.2, -0.15) is 0 Å². The summed E-state index contributed by atoms with van der Waals surface area (Å²) in [6.07, 6.45) is 48.5. The molecular formula is C67H130O17P2. The number of aliphatic hydroxyl groups is 1. The Bertz CT molecular complexity index is 1650. The van der Waals surface area contributed by atoms with Crippen LogP contribution in [-0.2, 0) is 65.4 Å². The van der Waals surface area contributed by atoms with Gasteiger partial charge >= 0.3 is 39.5 Å². The van der Waals surface area contributed by atoms with E-state index in [1.807, 2.05) is 0 Å². The molecule has 0 aliphatic carbocycles. The first-order valence-corrected chi connectivity index (χ1v) is 38.3. The van der Waals surface area contributed by atoms with Crippen LogP contribution in [0.5, 0.6) is 0 Å². The van der Waals surface area contributed by atoms with E-state index >= 15 is 0 Å². The van der Waals surface area contributed by atoms with Crippen molar-refractivity contribution in [1.82, 2.24) is 0 Å². The van der Waals surface area contributed by atoms with Crippen molar-refractivity contribution in [3.8, 4) is 0 Å². The summed E-state index contributed by atoms with van der Waals surface area (Å²) in [6, 6.07) is 0. The summed E-state index contributed by atoms with van der Waals surface area (Å²) in [6.45, 7) is 4.89. The molecule has 0 amide bonds. The second-order valence-electron chi connectivity index (χ2n) is 24.2. The molecule has 2 unspecified atom stereocenters. The smallest absolute Gasteiger partial charge is 0.462 e. The van der Waals surface area contributed by atoms with Gasteiger partial charge in [0.05, 0.1) is 26.4 Å². The number of ether oxygens (including phenoxy) is 4. The SMILES string of the molecule is CCCCCCCCCCCCCCCCCC(=O)OC[C@H](COP(=O)(O)OC[C@H](O)COP(=O)(O)OC[C@@H](COC(=O)CCCCCCCCCCCC)OC(=O)CCCCCCCCCC)OC(=O)CCCCCCCCCCCCCCC. The normalized spacial score (nSPS) is 14.1. The molecule has 0 aliphatic rings. The summed E-state index contributed by atoms with van der Waals surface area (Å²) in [5, 5.41) is 10.5. The Morgan fingerprint density at radius 2 is 0.465 bits per heavy atom. The van der Waals surface area contributed by atoms with Crippen molar-refractivity contribution in [3.63, 3.8) is 0 Å². The number of hydrogen-bond acceptors (Lipinski definition) is 15. The minimum Gasteiger partial charge on any atom is -0.462 e. The molecule has 0 saturated heterocycles. The highest BCUT2D eigenvalue weighted by molar-refractivity contribution is 7.47. The third-order valence-electron chi connectivity index (χ3n) is 15.6. The van der Waals surface area contributed by atoms with Crippen LogP contribution in [0.3, 0.4) is 0 Å². The van der Waals surface area contributed by atoms with Gasteiger partial charge in [0.25, 0.3) is 0 Å². The monoisotopic (exact) mass is 1270 g/mol. The van der Waals surface area contributed by atoms with E-state index in [4.69, 9.17) is 37.0 Å². The molecule has 0 aliphatic heterocycles. The molecule has 5 atom stereocenters. The second-order valence-corrected chi connectivity index (χ2v) is 27.1. The lowest BCUT2D eigenvalue weighted by Crippen LogP contribution is -2.30. The van der Waals surface area contributed by atoms with E-state index in [1.165, 1.54) is 173 Å². The van der Waals surface area contributed by atoms with Crippen LogP contribution in [0.25, 0.3) is 0 Å². The van der Waals surface area contributed by atoms with E-state index in [-0.39, 0.29) is 25.7 Å². The Kier molecular flexibility index (Phi) is 60.5. The second kappa shape index (κ2) is 61.9. The topological polar surface area (TPSA) is 237 Å². The number of carbonyl (C=O) groups is 4. The highest BCUT2D eigenvalue weighted by Crippen LogP contribution is 2.45. The molecular weight excluding hydrogens is 1140 g/mol. The van der Waals surface area contributed by atoms with Crippen LogP contribution in [0.2, 0.25) is 0 Å². The fourth-order valence-electron chi connectivity index (χ4n) is 10.2. The highest BCUT2D eigenvalue weighted by Gasteiger charge is 2.30. The van der Waals surface area contributed by atoms with Crippen LogP contribution in [0, 0.1) is 0 Å². The number of hydrogen-bond donors (Lipinski definition) is 3. The van der Waals surface area contributed by atoms with Crippen molar-refractivity contribution in [1.29, 1.82) is 0 Å². The predicted octanol–water partition coefficient (Wildman–Crippen LogP) is 19.1. The lowest BCUT2D eigenvalue weighted by Gasteiger charge is -2.21. The first-order valence-electron chi connectivity index (χ1n) is 35.3. The predicted molar refractivity (Wildman–Crippen MR) is 345 cm³/mol. The number of rotatable bonds is 68. The zero-order valence-electron chi connectivity index (χ0n) is 55.3. The third kappa shape index (κ3) is 60.9. The fourth-order valence-corrected chi connectivity index (χ4v) is 11.7. The van der Waals surface area contributed by atoms with E-state index in [0.29, 0.717) is 25.7 Å². The summed E-state index contributed by atoms with van der Waals surface area (Å²) >= 11 is 0. The Balaban J connectivity index is 5.20. The molecule has 3 N–H and O–H groups in total. The number of phosphoric ester groups is 2. The molecule has 86 heavy (non-hydrogen) atoms. The van der Waals surface area contributed by atoms with Crippen molar-refractivity contribution in [2.75, 3.05) is 39.6 Å². The number of phosphoric acid groups is 2. The highest BCUT2D eigenvalue weighted by atomic mass is 31.2. The minimum absolute atomic E-state index is 0.105. The van der Waals surface area contributed by atoms with Crippen LogP contribution in [0.4, 0.5) is 0 Å². The number of unbranched alkanes of at least 4 members (excludes halogenated alkanes) is 42. The summed E-state index contributed by atoms with van der Waals surface area (Å²) in [4.78, 5) is 72.3. The molecule has 0 aromatic heterocycles. The van der Waals surface area contributed by atoms with E-state index < -0.39 is 97.5 Å².